The van der Waals surface area contributed by atoms with E-state index in [2.05, 4.69) is 0 Å². The van der Waals surface area contributed by atoms with Gasteiger partial charge in [-0.05, 0) is 0 Å². The normalized spacial score (nSPS) is 49.7. The first-order chi connectivity index (χ1) is 6.81. The summed E-state index contributed by atoms with van der Waals surface area (Å²) in [7, 11) is 1.04. The highest BCUT2D eigenvalue weighted by Crippen LogP contribution is 2.47. The average molecular weight is 214 g/mol. The smallest absolute Gasteiger partial charge is 0.312 e. The second kappa shape index (κ2) is 3.05. The minimum Gasteiger partial charge on any atom is -0.465 e. The van der Waals surface area contributed by atoms with Gasteiger partial charge in [-0.1, -0.05) is 0 Å². The largest absolute Gasteiger partial charge is 0.465 e. The zero-order valence-corrected chi connectivity index (χ0v) is 10.1. The average Bonchev–Trinajstić information content (AvgIpc) is 2.78. The van der Waals surface area contributed by atoms with Crippen LogP contribution in [0.1, 0.15) is 6.42 Å². The number of carbonyl (C=O) groups is 1. The summed E-state index contributed by atoms with van der Waals surface area (Å²) in [5.41, 5.74) is 0. The SMILES string of the molecule is O=C1OCC2C3CC(OC[SiH3])C(O3)C12. The molecule has 2 bridgehead atoms. The van der Waals surface area contributed by atoms with Gasteiger partial charge in [-0.15, -0.1) is 0 Å². The monoisotopic (exact) mass is 214 g/mol. The van der Waals surface area contributed by atoms with Crippen LogP contribution in [0, 0.1) is 11.8 Å². The molecule has 0 saturated carbocycles. The van der Waals surface area contributed by atoms with E-state index in [4.69, 9.17) is 14.2 Å². The van der Waals surface area contributed by atoms with Crippen molar-refractivity contribution >= 4 is 16.2 Å². The molecule has 14 heavy (non-hydrogen) atoms. The van der Waals surface area contributed by atoms with Crippen molar-refractivity contribution in [3.63, 3.8) is 0 Å². The van der Waals surface area contributed by atoms with Crippen molar-refractivity contribution in [1.29, 1.82) is 0 Å². The Morgan fingerprint density at radius 1 is 1.57 bits per heavy atom. The highest BCUT2D eigenvalue weighted by molar-refractivity contribution is 6.08. The Labute approximate surface area is 85.3 Å². The van der Waals surface area contributed by atoms with Crippen LogP contribution in [-0.2, 0) is 19.0 Å². The van der Waals surface area contributed by atoms with E-state index >= 15 is 0 Å². The number of cyclic esters (lactones) is 1. The summed E-state index contributed by atoms with van der Waals surface area (Å²) in [5, 5.41) is 0. The molecule has 3 saturated heterocycles. The summed E-state index contributed by atoms with van der Waals surface area (Å²) in [6, 6.07) is 0. The maximum Gasteiger partial charge on any atom is 0.312 e. The Morgan fingerprint density at radius 3 is 3.21 bits per heavy atom. The van der Waals surface area contributed by atoms with Crippen LogP contribution in [0.5, 0.6) is 0 Å². The molecule has 0 aromatic heterocycles. The molecule has 78 valence electrons. The van der Waals surface area contributed by atoms with E-state index in [1.165, 1.54) is 0 Å². The molecule has 0 aromatic rings. The fourth-order valence-corrected chi connectivity index (χ4v) is 3.37. The molecule has 5 atom stereocenters. The highest BCUT2D eigenvalue weighted by Gasteiger charge is 2.60. The molecule has 0 aromatic carbocycles. The predicted molar refractivity (Wildman–Crippen MR) is 50.9 cm³/mol. The molecule has 3 fully saturated rings. The van der Waals surface area contributed by atoms with Crippen molar-refractivity contribution in [3.8, 4) is 0 Å². The van der Waals surface area contributed by atoms with Crippen LogP contribution in [0.15, 0.2) is 0 Å². The lowest BCUT2D eigenvalue weighted by Gasteiger charge is -2.24. The van der Waals surface area contributed by atoms with Gasteiger partial charge >= 0.3 is 5.97 Å². The van der Waals surface area contributed by atoms with Gasteiger partial charge in [-0.25, -0.2) is 0 Å². The standard InChI is InChI=1S/C9H14O4Si/c10-9-7-4(2-11-9)5-1-6(12-3-14)8(7)13-5/h4-8H,1-3H2,14H3. The second-order valence-corrected chi connectivity index (χ2v) is 4.77. The Morgan fingerprint density at radius 2 is 2.43 bits per heavy atom. The molecule has 0 aliphatic carbocycles. The van der Waals surface area contributed by atoms with Crippen LogP contribution >= 0.6 is 0 Å². The molecule has 3 rings (SSSR count). The lowest BCUT2D eigenvalue weighted by atomic mass is 9.80. The number of hydrogen-bond donors (Lipinski definition) is 0. The van der Waals surface area contributed by atoms with Gasteiger partial charge in [-0.3, -0.25) is 4.79 Å². The molecule has 3 aliphatic rings. The molecule has 0 radical (unpaired) electrons. The Hall–Kier alpha value is -0.393. The summed E-state index contributed by atoms with van der Waals surface area (Å²) in [6.07, 6.45) is 2.10. The number of ether oxygens (including phenoxy) is 3. The van der Waals surface area contributed by atoms with Crippen LogP contribution in [0.3, 0.4) is 0 Å². The van der Waals surface area contributed by atoms with Crippen molar-refractivity contribution in [2.75, 3.05) is 12.8 Å². The molecule has 0 spiro atoms. The van der Waals surface area contributed by atoms with Crippen molar-refractivity contribution < 1.29 is 19.0 Å². The summed E-state index contributed by atoms with van der Waals surface area (Å²) in [6.45, 7) is 0.554. The van der Waals surface area contributed by atoms with Gasteiger partial charge in [-0.2, -0.15) is 0 Å². The third-order valence-corrected chi connectivity index (χ3v) is 3.86. The van der Waals surface area contributed by atoms with Gasteiger partial charge in [0.15, 0.2) is 0 Å². The van der Waals surface area contributed by atoms with Crippen LogP contribution in [0.4, 0.5) is 0 Å². The number of fused-ring (bicyclic) bond motifs is 5. The van der Waals surface area contributed by atoms with Crippen molar-refractivity contribution in [2.24, 2.45) is 11.8 Å². The maximum absolute atomic E-state index is 11.4. The summed E-state index contributed by atoms with van der Waals surface area (Å²) < 4.78 is 16.4. The van der Waals surface area contributed by atoms with Gasteiger partial charge in [0.05, 0.1) is 30.8 Å². The van der Waals surface area contributed by atoms with Crippen LogP contribution in [0.2, 0.25) is 0 Å². The van der Waals surface area contributed by atoms with Crippen molar-refractivity contribution in [1.82, 2.24) is 0 Å². The van der Waals surface area contributed by atoms with Gasteiger partial charge in [0.2, 0.25) is 0 Å². The second-order valence-electron chi connectivity index (χ2n) is 4.19. The Bertz CT molecular complexity index is 270. The first kappa shape index (κ1) is 8.88. The lowest BCUT2D eigenvalue weighted by Crippen LogP contribution is -2.39. The maximum atomic E-state index is 11.4. The molecule has 0 N–H and O–H groups in total. The third kappa shape index (κ3) is 1.03. The first-order valence-electron chi connectivity index (χ1n) is 5.25. The van der Waals surface area contributed by atoms with E-state index in [1.807, 2.05) is 0 Å². The van der Waals surface area contributed by atoms with Crippen molar-refractivity contribution in [2.45, 2.75) is 24.7 Å². The van der Waals surface area contributed by atoms with Gasteiger partial charge in [0.1, 0.15) is 0 Å². The minimum atomic E-state index is -0.0795. The molecule has 5 unspecified atom stereocenters. The molecule has 0 amide bonds. The number of rotatable bonds is 2. The zero-order valence-electron chi connectivity index (χ0n) is 8.14. The number of hydrogen-bond acceptors (Lipinski definition) is 4. The zero-order chi connectivity index (χ0) is 9.71. The molecular weight excluding hydrogens is 200 g/mol. The van der Waals surface area contributed by atoms with Crippen molar-refractivity contribution in [3.05, 3.63) is 0 Å². The topological polar surface area (TPSA) is 44.8 Å². The van der Waals surface area contributed by atoms with Crippen LogP contribution < -0.4 is 0 Å². The van der Waals surface area contributed by atoms with E-state index in [0.29, 0.717) is 12.5 Å². The molecule has 3 aliphatic heterocycles. The molecule has 3 heterocycles. The number of carbonyl (C=O) groups excluding carboxylic acids is 1. The van der Waals surface area contributed by atoms with E-state index < -0.39 is 0 Å². The molecule has 5 heteroatoms. The lowest BCUT2D eigenvalue weighted by molar-refractivity contribution is -0.145. The minimum absolute atomic E-state index is 0.0195. The van der Waals surface area contributed by atoms with Crippen LogP contribution in [0.25, 0.3) is 0 Å². The summed E-state index contributed by atoms with van der Waals surface area (Å²) >= 11 is 0. The highest BCUT2D eigenvalue weighted by atomic mass is 28.1. The van der Waals surface area contributed by atoms with E-state index in [-0.39, 0.29) is 30.2 Å². The van der Waals surface area contributed by atoms with E-state index in [0.717, 1.165) is 22.9 Å². The van der Waals surface area contributed by atoms with Gasteiger partial charge in [0, 0.05) is 28.8 Å². The van der Waals surface area contributed by atoms with E-state index in [1.54, 1.807) is 0 Å². The van der Waals surface area contributed by atoms with Gasteiger partial charge in [0.25, 0.3) is 0 Å². The van der Waals surface area contributed by atoms with E-state index in [9.17, 15) is 4.79 Å². The van der Waals surface area contributed by atoms with Gasteiger partial charge < -0.3 is 14.2 Å². The molecular formula is C9H14O4Si. The predicted octanol–water partition coefficient (Wildman–Crippen LogP) is -1.35. The fraction of sp³-hybridized carbons (Fsp3) is 0.889. The fourth-order valence-electron chi connectivity index (χ4n) is 2.95. The summed E-state index contributed by atoms with van der Waals surface area (Å²) in [5.74, 6) is 0.192. The third-order valence-electron chi connectivity index (χ3n) is 3.53. The Kier molecular flexibility index (Phi) is 1.93. The molecule has 4 nitrogen and oxygen atoms in total. The van der Waals surface area contributed by atoms with Crippen LogP contribution in [-0.4, -0.2) is 47.4 Å². The number of esters is 1. The summed E-state index contributed by atoms with van der Waals surface area (Å²) in [4.78, 5) is 11.4. The first-order valence-corrected chi connectivity index (χ1v) is 6.66. The quantitative estimate of drug-likeness (QED) is 0.421. The Balaban J connectivity index is 1.80.